The number of nitrogens with one attached hydrogen (secondary N) is 2. The Morgan fingerprint density at radius 2 is 1.90 bits per heavy atom. The second-order valence-corrected chi connectivity index (χ2v) is 8.28. The summed E-state index contributed by atoms with van der Waals surface area (Å²) in [5.41, 5.74) is -0.778. The maximum atomic E-state index is 13.0. The van der Waals surface area contributed by atoms with Crippen LogP contribution in [0.1, 0.15) is 29.9 Å². The van der Waals surface area contributed by atoms with Crippen molar-refractivity contribution in [3.63, 3.8) is 0 Å². The predicted molar refractivity (Wildman–Crippen MR) is 106 cm³/mol. The molecule has 2 aromatic heterocycles. The zero-order valence-electron chi connectivity index (χ0n) is 16.8. The van der Waals surface area contributed by atoms with Crippen molar-refractivity contribution in [2.45, 2.75) is 24.9 Å². The summed E-state index contributed by atoms with van der Waals surface area (Å²) in [6.45, 7) is 4.05. The van der Waals surface area contributed by atoms with Crippen molar-refractivity contribution >= 4 is 21.7 Å². The van der Waals surface area contributed by atoms with Crippen LogP contribution < -0.4 is 10.6 Å². The molecular weight excluding hydrogens is 423 g/mol. The fraction of sp³-hybridized carbons (Fsp3) is 0.444. The molecule has 12 heteroatoms. The number of nitrogens with zero attached hydrogens (tertiary/aromatic N) is 3. The molecule has 30 heavy (non-hydrogen) atoms. The van der Waals surface area contributed by atoms with Gasteiger partial charge in [0.1, 0.15) is 16.4 Å². The van der Waals surface area contributed by atoms with Gasteiger partial charge in [0.15, 0.2) is 0 Å². The molecule has 1 amide bonds. The number of amides is 1. The van der Waals surface area contributed by atoms with Gasteiger partial charge in [0.05, 0.1) is 5.56 Å². The number of hydrogen-bond donors (Lipinski definition) is 2. The summed E-state index contributed by atoms with van der Waals surface area (Å²) in [4.78, 5) is 16.1. The van der Waals surface area contributed by atoms with Crippen LogP contribution in [0.15, 0.2) is 35.5 Å². The molecule has 0 atom stereocenters. The lowest BCUT2D eigenvalue weighted by molar-refractivity contribution is -0.137. The summed E-state index contributed by atoms with van der Waals surface area (Å²) in [7, 11) is -2.17. The second kappa shape index (κ2) is 9.47. The van der Waals surface area contributed by atoms with Gasteiger partial charge in [-0.2, -0.15) is 17.5 Å². The van der Waals surface area contributed by atoms with Crippen LogP contribution >= 0.6 is 0 Å². The minimum atomic E-state index is -4.55. The Morgan fingerprint density at radius 1 is 1.23 bits per heavy atom. The van der Waals surface area contributed by atoms with E-state index in [9.17, 15) is 26.4 Å². The average molecular weight is 447 g/mol. The fourth-order valence-electron chi connectivity index (χ4n) is 2.84. The van der Waals surface area contributed by atoms with Gasteiger partial charge in [-0.25, -0.2) is 13.4 Å². The maximum absolute atomic E-state index is 13.0. The Morgan fingerprint density at radius 3 is 2.50 bits per heavy atom. The number of hydrogen-bond acceptors (Lipinski definition) is 5. The molecule has 0 fully saturated rings. The third kappa shape index (κ3) is 5.30. The topological polar surface area (TPSA) is 96.3 Å². The number of halogens is 3. The molecule has 0 aliphatic heterocycles. The van der Waals surface area contributed by atoms with Crippen LogP contribution in [0.3, 0.4) is 0 Å². The van der Waals surface area contributed by atoms with Crippen molar-refractivity contribution in [2.75, 3.05) is 31.5 Å². The molecule has 2 heterocycles. The van der Waals surface area contributed by atoms with E-state index in [1.54, 1.807) is 13.8 Å². The van der Waals surface area contributed by atoms with E-state index in [1.165, 1.54) is 40.4 Å². The molecule has 0 aliphatic carbocycles. The zero-order valence-corrected chi connectivity index (χ0v) is 17.6. The van der Waals surface area contributed by atoms with Crippen LogP contribution in [0, 0.1) is 0 Å². The van der Waals surface area contributed by atoms with Crippen molar-refractivity contribution in [3.05, 3.63) is 41.9 Å². The number of carbonyl (C=O) groups is 1. The van der Waals surface area contributed by atoms with Crippen LogP contribution in [0.2, 0.25) is 0 Å². The van der Waals surface area contributed by atoms with E-state index in [-0.39, 0.29) is 29.5 Å². The first-order valence-corrected chi connectivity index (χ1v) is 10.7. The van der Waals surface area contributed by atoms with Gasteiger partial charge < -0.3 is 15.2 Å². The van der Waals surface area contributed by atoms with Gasteiger partial charge >= 0.3 is 6.18 Å². The van der Waals surface area contributed by atoms with Crippen LogP contribution in [-0.4, -0.2) is 54.4 Å². The minimum absolute atomic E-state index is 0.000259. The van der Waals surface area contributed by atoms with Crippen LogP contribution in [0.25, 0.3) is 0 Å². The van der Waals surface area contributed by atoms with Crippen LogP contribution in [0.4, 0.5) is 19.0 Å². The van der Waals surface area contributed by atoms with Crippen molar-refractivity contribution < 1.29 is 26.4 Å². The molecule has 0 saturated heterocycles. The van der Waals surface area contributed by atoms with Gasteiger partial charge in [-0.05, 0) is 18.2 Å². The summed E-state index contributed by atoms with van der Waals surface area (Å²) in [6, 6.07) is 3.38. The number of alkyl halides is 3. The first-order chi connectivity index (χ1) is 14.0. The highest BCUT2D eigenvalue weighted by atomic mass is 32.2. The number of aryl methyl sites for hydroxylation is 1. The van der Waals surface area contributed by atoms with E-state index < -0.39 is 27.7 Å². The molecule has 0 aliphatic rings. The predicted octanol–water partition coefficient (Wildman–Crippen LogP) is 2.31. The molecule has 0 spiro atoms. The van der Waals surface area contributed by atoms with Gasteiger partial charge in [0, 0.05) is 45.6 Å². The number of carbonyl (C=O) groups excluding carboxylic acids is 1. The van der Waals surface area contributed by atoms with Crippen LogP contribution in [0.5, 0.6) is 0 Å². The monoisotopic (exact) mass is 447 g/mol. The Labute approximate surface area is 173 Å². The lowest BCUT2D eigenvalue weighted by Gasteiger charge is -2.17. The zero-order chi connectivity index (χ0) is 22.5. The minimum Gasteiger partial charge on any atom is -0.368 e. The van der Waals surface area contributed by atoms with Gasteiger partial charge in [-0.3, -0.25) is 4.79 Å². The SMILES string of the molecule is CCN(CC)S(=O)(=O)c1cc(C(=O)NCCNc2ncccc2C(F)(F)F)n(C)c1. The molecule has 0 saturated carbocycles. The largest absolute Gasteiger partial charge is 0.419 e. The Hall–Kier alpha value is -2.60. The van der Waals surface area contributed by atoms with Crippen LogP contribution in [-0.2, 0) is 23.2 Å². The molecule has 2 rings (SSSR count). The number of aromatic nitrogens is 2. The Bertz CT molecular complexity index is 985. The molecule has 2 N–H and O–H groups in total. The normalized spacial score (nSPS) is 12.2. The van der Waals surface area contributed by atoms with Crippen molar-refractivity contribution in [1.82, 2.24) is 19.2 Å². The first-order valence-electron chi connectivity index (χ1n) is 9.23. The number of pyridine rings is 1. The smallest absolute Gasteiger partial charge is 0.368 e. The fourth-order valence-corrected chi connectivity index (χ4v) is 4.37. The molecular formula is C18H24F3N5O3S. The number of anilines is 1. The highest BCUT2D eigenvalue weighted by molar-refractivity contribution is 7.89. The highest BCUT2D eigenvalue weighted by Crippen LogP contribution is 2.33. The summed E-state index contributed by atoms with van der Waals surface area (Å²) in [5.74, 6) is -0.872. The third-order valence-corrected chi connectivity index (χ3v) is 6.39. The van der Waals surface area contributed by atoms with E-state index in [4.69, 9.17) is 0 Å². The Balaban J connectivity index is 2.01. The molecule has 166 valence electrons. The number of sulfonamides is 1. The molecule has 0 aromatic carbocycles. The summed E-state index contributed by atoms with van der Waals surface area (Å²) < 4.78 is 66.7. The van der Waals surface area contributed by atoms with E-state index in [0.717, 1.165) is 6.07 Å². The molecule has 0 radical (unpaired) electrons. The number of rotatable bonds is 9. The van der Waals surface area contributed by atoms with Gasteiger partial charge in [0.25, 0.3) is 5.91 Å². The average Bonchev–Trinajstić information content (AvgIpc) is 3.08. The molecule has 8 nitrogen and oxygen atoms in total. The van der Waals surface area contributed by atoms with Crippen molar-refractivity contribution in [2.24, 2.45) is 7.05 Å². The van der Waals surface area contributed by atoms with Gasteiger partial charge in [-0.15, -0.1) is 0 Å². The second-order valence-electron chi connectivity index (χ2n) is 6.34. The molecule has 0 bridgehead atoms. The standard InChI is InChI=1S/C18H24F3N5O3S/c1-4-26(5-2)30(28,29)13-11-15(25(3)12-13)17(27)24-10-9-23-16-14(18(19,20)21)7-6-8-22-16/h6-8,11-12H,4-5,9-10H2,1-3H3,(H,22,23)(H,24,27). The lowest BCUT2D eigenvalue weighted by Crippen LogP contribution is -2.31. The van der Waals surface area contributed by atoms with Crippen molar-refractivity contribution in [1.29, 1.82) is 0 Å². The molecule has 2 aromatic rings. The summed E-state index contributed by atoms with van der Waals surface area (Å²) in [5, 5.41) is 5.10. The van der Waals surface area contributed by atoms with E-state index in [1.807, 2.05) is 0 Å². The van der Waals surface area contributed by atoms with E-state index in [2.05, 4.69) is 15.6 Å². The van der Waals surface area contributed by atoms with Gasteiger partial charge in [-0.1, -0.05) is 13.8 Å². The van der Waals surface area contributed by atoms with E-state index >= 15 is 0 Å². The molecule has 0 unspecified atom stereocenters. The van der Waals surface area contributed by atoms with E-state index in [0.29, 0.717) is 13.1 Å². The summed E-state index contributed by atoms with van der Waals surface area (Å²) >= 11 is 0. The van der Waals surface area contributed by atoms with Gasteiger partial charge in [0.2, 0.25) is 10.0 Å². The first kappa shape index (κ1) is 23.7. The summed E-state index contributed by atoms with van der Waals surface area (Å²) in [6.07, 6.45) is -1.96. The third-order valence-electron chi connectivity index (χ3n) is 4.37. The highest BCUT2D eigenvalue weighted by Gasteiger charge is 2.34. The van der Waals surface area contributed by atoms with Crippen molar-refractivity contribution in [3.8, 4) is 0 Å². The maximum Gasteiger partial charge on any atom is 0.419 e. The Kier molecular flexibility index (Phi) is 7.48. The quantitative estimate of drug-likeness (QED) is 0.575. The lowest BCUT2D eigenvalue weighted by atomic mass is 10.2.